The number of rotatable bonds is 5. The number of pyridine rings is 1. The Morgan fingerprint density at radius 1 is 1.37 bits per heavy atom. The monoisotopic (exact) mass is 461 g/mol. The number of carbonyl (C=O) groups is 3. The lowest BCUT2D eigenvalue weighted by Gasteiger charge is -2.22. The van der Waals surface area contributed by atoms with Gasteiger partial charge in [-0.25, -0.2) is 9.78 Å². The number of hydrogen-bond donors (Lipinski definition) is 1. The Balaban J connectivity index is 1.55. The number of nitrogens with one attached hydrogen (secondary N) is 1. The lowest BCUT2D eigenvalue weighted by molar-refractivity contribution is -0.151. The maximum Gasteiger partial charge on any atom is 0.417 e. The van der Waals surface area contributed by atoms with Crippen LogP contribution in [-0.2, 0) is 20.5 Å². The average Bonchev–Trinajstić information content (AvgIpc) is 3.38. The van der Waals surface area contributed by atoms with Crippen molar-refractivity contribution in [1.29, 1.82) is 0 Å². The molecular weight excluding hydrogens is 447 g/mol. The molecule has 7 nitrogen and oxygen atoms in total. The first-order valence-corrected chi connectivity index (χ1v) is 9.96. The zero-order chi connectivity index (χ0) is 21.9. The van der Waals surface area contributed by atoms with Crippen molar-refractivity contribution < 1.29 is 32.3 Å². The molecule has 2 aromatic heterocycles. The van der Waals surface area contributed by atoms with Crippen molar-refractivity contribution in [1.82, 2.24) is 9.88 Å². The number of hydrogen-bond acceptors (Lipinski definition) is 6. The number of esters is 1. The largest absolute Gasteiger partial charge is 0.454 e. The highest BCUT2D eigenvalue weighted by molar-refractivity contribution is 7.12. The number of ether oxygens (including phenoxy) is 1. The third kappa shape index (κ3) is 5.08. The van der Waals surface area contributed by atoms with Crippen molar-refractivity contribution >= 4 is 46.5 Å². The van der Waals surface area contributed by atoms with Gasteiger partial charge in [0.25, 0.3) is 11.8 Å². The SMILES string of the molecule is O=C(COC(=O)C1CCCN1C(=O)c1cccs1)Nc1ncc(C(F)(F)F)cc1Cl. The van der Waals surface area contributed by atoms with Gasteiger partial charge in [0.2, 0.25) is 0 Å². The lowest BCUT2D eigenvalue weighted by Crippen LogP contribution is -2.41. The third-order valence-corrected chi connectivity index (χ3v) is 5.44. The summed E-state index contributed by atoms with van der Waals surface area (Å²) < 4.78 is 42.9. The Hall–Kier alpha value is -2.66. The Bertz CT molecular complexity index is 953. The normalized spacial score (nSPS) is 16.4. The van der Waals surface area contributed by atoms with Crippen LogP contribution in [0.3, 0.4) is 0 Å². The van der Waals surface area contributed by atoms with Gasteiger partial charge in [0.1, 0.15) is 6.04 Å². The molecular formula is C18H15ClF3N3O4S. The second-order valence-corrected chi connectivity index (χ2v) is 7.70. The maximum absolute atomic E-state index is 12.6. The Morgan fingerprint density at radius 3 is 2.77 bits per heavy atom. The maximum atomic E-state index is 12.6. The van der Waals surface area contributed by atoms with Gasteiger partial charge in [-0.2, -0.15) is 13.2 Å². The molecule has 1 unspecified atom stereocenters. The molecule has 0 saturated carbocycles. The molecule has 3 rings (SSSR count). The predicted octanol–water partition coefficient (Wildman–Crippen LogP) is 3.60. The molecule has 1 aliphatic rings. The fourth-order valence-corrected chi connectivity index (χ4v) is 3.78. The molecule has 1 atom stereocenters. The number of aromatic nitrogens is 1. The number of nitrogens with zero attached hydrogens (tertiary/aromatic N) is 2. The minimum absolute atomic E-state index is 0.283. The van der Waals surface area contributed by atoms with Crippen LogP contribution < -0.4 is 5.32 Å². The summed E-state index contributed by atoms with van der Waals surface area (Å²) in [5.41, 5.74) is -1.06. The van der Waals surface area contributed by atoms with Crippen LogP contribution in [0.1, 0.15) is 28.1 Å². The molecule has 3 heterocycles. The van der Waals surface area contributed by atoms with E-state index in [2.05, 4.69) is 10.3 Å². The van der Waals surface area contributed by atoms with Crippen LogP contribution in [0.5, 0.6) is 0 Å². The van der Waals surface area contributed by atoms with Gasteiger partial charge in [-0.1, -0.05) is 17.7 Å². The van der Waals surface area contributed by atoms with Crippen LogP contribution in [0.4, 0.5) is 19.0 Å². The summed E-state index contributed by atoms with van der Waals surface area (Å²) >= 11 is 6.98. The molecule has 0 spiro atoms. The fraction of sp³-hybridized carbons (Fsp3) is 0.333. The zero-order valence-electron chi connectivity index (χ0n) is 15.2. The summed E-state index contributed by atoms with van der Waals surface area (Å²) in [5.74, 6) is -2.14. The van der Waals surface area contributed by atoms with Gasteiger partial charge in [0, 0.05) is 12.7 Å². The van der Waals surface area contributed by atoms with E-state index >= 15 is 0 Å². The minimum Gasteiger partial charge on any atom is -0.454 e. The summed E-state index contributed by atoms with van der Waals surface area (Å²) in [7, 11) is 0. The van der Waals surface area contributed by atoms with Gasteiger partial charge in [0.15, 0.2) is 12.4 Å². The molecule has 2 aromatic rings. The van der Waals surface area contributed by atoms with Gasteiger partial charge < -0.3 is 15.0 Å². The van der Waals surface area contributed by atoms with Crippen molar-refractivity contribution in [3.8, 4) is 0 Å². The van der Waals surface area contributed by atoms with E-state index in [9.17, 15) is 27.6 Å². The standard InChI is InChI=1S/C18H15ClF3N3O4S/c19-11-7-10(18(20,21)22)8-23-15(11)24-14(26)9-29-17(28)12-3-1-5-25(12)16(27)13-4-2-6-30-13/h2,4,6-8,12H,1,3,5,9H2,(H,23,24,26). The molecule has 0 radical (unpaired) electrons. The summed E-state index contributed by atoms with van der Waals surface area (Å²) in [4.78, 5) is 42.2. The van der Waals surface area contributed by atoms with Gasteiger partial charge in [0.05, 0.1) is 15.5 Å². The van der Waals surface area contributed by atoms with Crippen molar-refractivity contribution in [2.75, 3.05) is 18.5 Å². The van der Waals surface area contributed by atoms with Crippen molar-refractivity contribution in [2.45, 2.75) is 25.1 Å². The van der Waals surface area contributed by atoms with Crippen LogP contribution >= 0.6 is 22.9 Å². The van der Waals surface area contributed by atoms with E-state index in [4.69, 9.17) is 16.3 Å². The molecule has 160 valence electrons. The number of anilines is 1. The topological polar surface area (TPSA) is 88.6 Å². The first-order valence-electron chi connectivity index (χ1n) is 8.70. The number of alkyl halides is 3. The second-order valence-electron chi connectivity index (χ2n) is 6.34. The zero-order valence-corrected chi connectivity index (χ0v) is 16.8. The molecule has 0 bridgehead atoms. The number of thiophene rings is 1. The second kappa shape index (κ2) is 9.00. The van der Waals surface area contributed by atoms with Gasteiger partial charge >= 0.3 is 12.1 Å². The molecule has 0 aromatic carbocycles. The number of amides is 2. The number of halogens is 4. The highest BCUT2D eigenvalue weighted by atomic mass is 35.5. The molecule has 1 N–H and O–H groups in total. The Morgan fingerprint density at radius 2 is 2.13 bits per heavy atom. The van der Waals surface area contributed by atoms with E-state index in [1.165, 1.54) is 16.2 Å². The van der Waals surface area contributed by atoms with E-state index in [-0.39, 0.29) is 11.7 Å². The molecule has 1 aliphatic heterocycles. The van der Waals surface area contributed by atoms with Gasteiger partial charge in [-0.3, -0.25) is 9.59 Å². The van der Waals surface area contributed by atoms with E-state index in [0.717, 1.165) is 0 Å². The highest BCUT2D eigenvalue weighted by Crippen LogP contribution is 2.32. The van der Waals surface area contributed by atoms with Crippen LogP contribution in [0.2, 0.25) is 5.02 Å². The molecule has 2 amide bonds. The highest BCUT2D eigenvalue weighted by Gasteiger charge is 2.36. The summed E-state index contributed by atoms with van der Waals surface area (Å²) in [6.45, 7) is -0.302. The molecule has 12 heteroatoms. The van der Waals surface area contributed by atoms with E-state index < -0.39 is 41.3 Å². The first-order chi connectivity index (χ1) is 14.2. The average molecular weight is 462 g/mol. The Labute approximate surface area is 177 Å². The van der Waals surface area contributed by atoms with Crippen LogP contribution in [0.15, 0.2) is 29.8 Å². The van der Waals surface area contributed by atoms with E-state index in [1.807, 2.05) is 0 Å². The summed E-state index contributed by atoms with van der Waals surface area (Å²) in [5, 5.41) is 3.53. The smallest absolute Gasteiger partial charge is 0.417 e. The van der Waals surface area contributed by atoms with Crippen molar-refractivity contribution in [3.05, 3.63) is 45.2 Å². The first kappa shape index (κ1) is 22.0. The lowest BCUT2D eigenvalue weighted by atomic mass is 10.2. The minimum atomic E-state index is -4.62. The molecule has 1 saturated heterocycles. The van der Waals surface area contributed by atoms with Gasteiger partial charge in [-0.15, -0.1) is 11.3 Å². The quantitative estimate of drug-likeness (QED) is 0.687. The van der Waals surface area contributed by atoms with Crippen molar-refractivity contribution in [2.24, 2.45) is 0 Å². The molecule has 0 aliphatic carbocycles. The van der Waals surface area contributed by atoms with Crippen molar-refractivity contribution in [3.63, 3.8) is 0 Å². The Kier molecular flexibility index (Phi) is 6.61. The number of likely N-dealkylation sites (tertiary alicyclic amines) is 1. The van der Waals surface area contributed by atoms with Gasteiger partial charge in [-0.05, 0) is 30.4 Å². The van der Waals surface area contributed by atoms with Crippen LogP contribution in [0, 0.1) is 0 Å². The van der Waals surface area contributed by atoms with E-state index in [1.54, 1.807) is 17.5 Å². The van der Waals surface area contributed by atoms with Crippen LogP contribution in [0.25, 0.3) is 0 Å². The number of carbonyl (C=O) groups excluding carboxylic acids is 3. The predicted molar refractivity (Wildman–Crippen MR) is 102 cm³/mol. The van der Waals surface area contributed by atoms with Crippen LogP contribution in [-0.4, -0.2) is 46.9 Å². The summed E-state index contributed by atoms with van der Waals surface area (Å²) in [6, 6.07) is 3.21. The fourth-order valence-electron chi connectivity index (χ4n) is 2.88. The molecule has 1 fully saturated rings. The van der Waals surface area contributed by atoms with E-state index in [0.29, 0.717) is 36.5 Å². The third-order valence-electron chi connectivity index (χ3n) is 4.29. The summed E-state index contributed by atoms with van der Waals surface area (Å²) in [6.07, 6.45) is -3.07. The molecule has 30 heavy (non-hydrogen) atoms.